The summed E-state index contributed by atoms with van der Waals surface area (Å²) in [5.74, 6) is 1.58. The first-order chi connectivity index (χ1) is 13.6. The molecule has 2 heterocycles. The maximum absolute atomic E-state index is 13.0. The van der Waals surface area contributed by atoms with Gasteiger partial charge in [0, 0.05) is 19.2 Å². The third kappa shape index (κ3) is 2.63. The second-order valence-corrected chi connectivity index (χ2v) is 7.44. The molecule has 0 unspecified atom stereocenters. The second kappa shape index (κ2) is 6.38. The first-order valence-corrected chi connectivity index (χ1v) is 9.51. The third-order valence-corrected chi connectivity index (χ3v) is 5.89. The molecule has 0 aliphatic carbocycles. The van der Waals surface area contributed by atoms with Gasteiger partial charge in [-0.05, 0) is 22.9 Å². The quantitative estimate of drug-likeness (QED) is 0.520. The lowest BCUT2D eigenvalue weighted by molar-refractivity contribution is 0.0995. The Hall–Kier alpha value is -3.32. The van der Waals surface area contributed by atoms with Crippen LogP contribution >= 0.6 is 11.3 Å². The monoisotopic (exact) mass is 392 g/mol. The predicted molar refractivity (Wildman–Crippen MR) is 107 cm³/mol. The predicted octanol–water partition coefficient (Wildman–Crippen LogP) is 3.87. The number of thiazole rings is 1. The summed E-state index contributed by atoms with van der Waals surface area (Å²) in [6.07, 6.45) is 0. The Morgan fingerprint density at radius 2 is 1.82 bits per heavy atom. The smallest absolute Gasteiger partial charge is 0.283 e. The van der Waals surface area contributed by atoms with Gasteiger partial charge < -0.3 is 18.8 Å². The van der Waals surface area contributed by atoms with Gasteiger partial charge in [-0.3, -0.25) is 4.79 Å². The van der Waals surface area contributed by atoms with Gasteiger partial charge in [0.15, 0.2) is 16.3 Å². The van der Waals surface area contributed by atoms with Crippen LogP contribution in [0.3, 0.4) is 0 Å². The fraction of sp³-hybridized carbons (Fsp3) is 0.143. The number of hydrogen-bond acceptors (Lipinski definition) is 5. The second-order valence-electron chi connectivity index (χ2n) is 6.43. The third-order valence-electron chi connectivity index (χ3n) is 4.80. The van der Waals surface area contributed by atoms with E-state index in [9.17, 15) is 4.79 Å². The van der Waals surface area contributed by atoms with Crippen molar-refractivity contribution in [3.05, 3.63) is 58.9 Å². The molecule has 4 aromatic rings. The van der Waals surface area contributed by atoms with Crippen molar-refractivity contribution in [1.29, 1.82) is 0 Å². The summed E-state index contributed by atoms with van der Waals surface area (Å²) < 4.78 is 19.2. The van der Waals surface area contributed by atoms with Crippen molar-refractivity contribution < 1.29 is 19.0 Å². The van der Waals surface area contributed by atoms with E-state index in [4.69, 9.17) is 14.2 Å². The minimum Gasteiger partial charge on any atom is -0.496 e. The van der Waals surface area contributed by atoms with Crippen LogP contribution in [0.5, 0.6) is 17.2 Å². The van der Waals surface area contributed by atoms with Gasteiger partial charge in [-0.15, -0.1) is 0 Å². The van der Waals surface area contributed by atoms with Crippen molar-refractivity contribution in [2.24, 2.45) is 12.0 Å². The zero-order valence-electron chi connectivity index (χ0n) is 15.3. The van der Waals surface area contributed by atoms with E-state index in [1.54, 1.807) is 7.11 Å². The molecule has 3 aromatic carbocycles. The number of carbonyl (C=O) groups is 1. The number of hydrogen-bond donors (Lipinski definition) is 0. The number of aryl methyl sites for hydroxylation is 1. The molecule has 0 bridgehead atoms. The average molecular weight is 392 g/mol. The lowest BCUT2D eigenvalue weighted by Crippen LogP contribution is -2.13. The van der Waals surface area contributed by atoms with E-state index in [1.165, 1.54) is 11.3 Å². The Balaban J connectivity index is 1.64. The first-order valence-electron chi connectivity index (χ1n) is 8.69. The van der Waals surface area contributed by atoms with Crippen molar-refractivity contribution >= 4 is 38.2 Å². The molecule has 0 spiro atoms. The van der Waals surface area contributed by atoms with Crippen LogP contribution in [-0.2, 0) is 7.05 Å². The first kappa shape index (κ1) is 16.8. The molecule has 0 N–H and O–H groups in total. The van der Waals surface area contributed by atoms with Crippen LogP contribution in [0.15, 0.2) is 53.5 Å². The zero-order chi connectivity index (χ0) is 19.3. The van der Waals surface area contributed by atoms with Crippen molar-refractivity contribution in [3.63, 3.8) is 0 Å². The normalized spacial score (nSPS) is 13.4. The molecule has 0 saturated heterocycles. The summed E-state index contributed by atoms with van der Waals surface area (Å²) in [5, 5.41) is 1.98. The molecule has 140 valence electrons. The maximum Gasteiger partial charge on any atom is 0.283 e. The average Bonchev–Trinajstić information content (AvgIpc) is 3.29. The van der Waals surface area contributed by atoms with Crippen LogP contribution in [0.2, 0.25) is 0 Å². The molecule has 1 aliphatic rings. The molecule has 5 rings (SSSR count). The highest BCUT2D eigenvalue weighted by molar-refractivity contribution is 7.16. The fourth-order valence-electron chi connectivity index (χ4n) is 3.33. The Morgan fingerprint density at radius 1 is 1.11 bits per heavy atom. The van der Waals surface area contributed by atoms with Crippen molar-refractivity contribution in [2.75, 3.05) is 13.9 Å². The number of nitrogens with zero attached hydrogens (tertiary/aromatic N) is 2. The Kier molecular flexibility index (Phi) is 3.84. The van der Waals surface area contributed by atoms with Gasteiger partial charge in [-0.2, -0.15) is 4.99 Å². The molecule has 0 saturated carbocycles. The van der Waals surface area contributed by atoms with Gasteiger partial charge in [-0.25, -0.2) is 0 Å². The Morgan fingerprint density at radius 3 is 2.57 bits per heavy atom. The SMILES string of the molecule is COc1cc2ccccc2cc1C(=O)N=c1sc2cc3c(cc2n1C)OCO3. The lowest BCUT2D eigenvalue weighted by Gasteiger charge is -2.07. The van der Waals surface area contributed by atoms with E-state index in [2.05, 4.69) is 4.99 Å². The molecule has 0 radical (unpaired) electrons. The Labute approximate surface area is 164 Å². The summed E-state index contributed by atoms with van der Waals surface area (Å²) >= 11 is 1.43. The van der Waals surface area contributed by atoms with Crippen LogP contribution in [0.25, 0.3) is 21.0 Å². The van der Waals surface area contributed by atoms with Crippen LogP contribution in [0.1, 0.15) is 10.4 Å². The van der Waals surface area contributed by atoms with Crippen molar-refractivity contribution in [1.82, 2.24) is 4.57 Å². The molecule has 0 atom stereocenters. The summed E-state index contributed by atoms with van der Waals surface area (Å²) in [4.78, 5) is 17.9. The number of ether oxygens (including phenoxy) is 3. The van der Waals surface area contributed by atoms with Gasteiger partial charge in [0.1, 0.15) is 5.75 Å². The lowest BCUT2D eigenvalue weighted by atomic mass is 10.1. The van der Waals surface area contributed by atoms with Crippen LogP contribution in [-0.4, -0.2) is 24.4 Å². The molecule has 1 aromatic heterocycles. The molecule has 7 heteroatoms. The van der Waals surface area contributed by atoms with Gasteiger partial charge >= 0.3 is 0 Å². The van der Waals surface area contributed by atoms with Crippen molar-refractivity contribution in [2.45, 2.75) is 0 Å². The van der Waals surface area contributed by atoms with E-state index in [0.29, 0.717) is 27.6 Å². The molecule has 0 fully saturated rings. The van der Waals surface area contributed by atoms with Gasteiger partial charge in [0.25, 0.3) is 5.91 Å². The van der Waals surface area contributed by atoms with E-state index in [0.717, 1.165) is 21.0 Å². The van der Waals surface area contributed by atoms with Crippen molar-refractivity contribution in [3.8, 4) is 17.2 Å². The largest absolute Gasteiger partial charge is 0.496 e. The van der Waals surface area contributed by atoms with Crippen LogP contribution in [0, 0.1) is 0 Å². The summed E-state index contributed by atoms with van der Waals surface area (Å²) in [5.41, 5.74) is 1.37. The van der Waals surface area contributed by atoms with Crippen LogP contribution in [0.4, 0.5) is 0 Å². The van der Waals surface area contributed by atoms with Gasteiger partial charge in [0.05, 0.1) is 22.9 Å². The number of fused-ring (bicyclic) bond motifs is 3. The molecular formula is C21H16N2O4S. The standard InChI is InChI=1S/C21H16N2O4S/c1-23-15-9-17-18(27-11-26-17)10-19(15)28-21(23)22-20(24)14-7-12-5-3-4-6-13(12)8-16(14)25-2/h3-10H,11H2,1-2H3. The number of amides is 1. The highest BCUT2D eigenvalue weighted by Gasteiger charge is 2.18. The van der Waals surface area contributed by atoms with Crippen LogP contribution < -0.4 is 19.0 Å². The Bertz CT molecular complexity index is 1320. The van der Waals surface area contributed by atoms with Gasteiger partial charge in [-0.1, -0.05) is 35.6 Å². The summed E-state index contributed by atoms with van der Waals surface area (Å²) in [6, 6.07) is 15.4. The number of benzene rings is 3. The zero-order valence-corrected chi connectivity index (χ0v) is 16.1. The molecule has 1 amide bonds. The molecular weight excluding hydrogens is 376 g/mol. The summed E-state index contributed by atoms with van der Waals surface area (Å²) in [6.45, 7) is 0.230. The summed E-state index contributed by atoms with van der Waals surface area (Å²) in [7, 11) is 3.44. The van der Waals surface area contributed by atoms with E-state index < -0.39 is 0 Å². The number of carbonyl (C=O) groups excluding carboxylic acids is 1. The number of methoxy groups -OCH3 is 1. The van der Waals surface area contributed by atoms with Gasteiger partial charge in [0.2, 0.25) is 6.79 Å². The fourth-order valence-corrected chi connectivity index (χ4v) is 4.35. The van der Waals surface area contributed by atoms with E-state index in [-0.39, 0.29) is 12.7 Å². The molecule has 6 nitrogen and oxygen atoms in total. The molecule has 28 heavy (non-hydrogen) atoms. The highest BCUT2D eigenvalue weighted by Crippen LogP contribution is 2.36. The molecule has 1 aliphatic heterocycles. The van der Waals surface area contributed by atoms with E-state index >= 15 is 0 Å². The minimum absolute atomic E-state index is 0.230. The highest BCUT2D eigenvalue weighted by atomic mass is 32.1. The minimum atomic E-state index is -0.343. The topological polar surface area (TPSA) is 62.0 Å². The maximum atomic E-state index is 13.0. The van der Waals surface area contributed by atoms with E-state index in [1.807, 2.05) is 60.1 Å². The number of aromatic nitrogens is 1. The number of rotatable bonds is 2.